The summed E-state index contributed by atoms with van der Waals surface area (Å²) < 4.78 is 42.7. The highest BCUT2D eigenvalue weighted by molar-refractivity contribution is 7.46. The molecule has 4 aromatic rings. The Morgan fingerprint density at radius 3 is 1.91 bits per heavy atom. The van der Waals surface area contributed by atoms with E-state index in [1.165, 1.54) is 24.3 Å². The number of nitrogens with one attached hydrogen (secondary N) is 2. The summed E-state index contributed by atoms with van der Waals surface area (Å²) in [4.78, 5) is 60.7. The van der Waals surface area contributed by atoms with Crippen LogP contribution in [0, 0.1) is 0 Å². The Kier molecular flexibility index (Phi) is 11.0. The molecule has 0 aliphatic carbocycles. The first kappa shape index (κ1) is 38.3. The molecule has 4 aromatic carbocycles. The Labute approximate surface area is 312 Å². The summed E-state index contributed by atoms with van der Waals surface area (Å²) in [5.41, 5.74) is 3.25. The number of alkyl halides is 1. The summed E-state index contributed by atoms with van der Waals surface area (Å²) in [5.74, 6) is -0.688. The molecule has 13 nitrogen and oxygen atoms in total. The maximum atomic E-state index is 14.6. The lowest BCUT2D eigenvalue weighted by atomic mass is 9.77. The van der Waals surface area contributed by atoms with E-state index in [-0.39, 0.29) is 23.8 Å². The first-order valence-electron chi connectivity index (χ1n) is 17.4. The number of phosphoric ester groups is 1. The number of hydrogen-bond donors (Lipinski definition) is 4. The monoisotopic (exact) mass is 760 g/mol. The second-order valence-electron chi connectivity index (χ2n) is 13.6. The van der Waals surface area contributed by atoms with Crippen LogP contribution in [0.4, 0.5) is 15.8 Å². The number of hydrogen-bond acceptors (Lipinski definition) is 9. The van der Waals surface area contributed by atoms with Gasteiger partial charge in [-0.3, -0.25) is 19.4 Å². The Morgan fingerprint density at radius 2 is 1.35 bits per heavy atom. The summed E-state index contributed by atoms with van der Waals surface area (Å²) >= 11 is 0. The van der Waals surface area contributed by atoms with Crippen molar-refractivity contribution in [2.75, 3.05) is 51.1 Å². The fourth-order valence-electron chi connectivity index (χ4n) is 6.60. The molecule has 0 radical (unpaired) electrons. The molecule has 0 aromatic heterocycles. The SMILES string of the molecule is CN(C)c1ccc2c(c1)Oc1cc(N(C)C)ccc1C21OC(=O)c2cc(C(=O)NCCCCCCNC(=O)C(F)c3ccc(OP(=O)(O)O)cc3)ccc21. The van der Waals surface area contributed by atoms with Gasteiger partial charge in [-0.2, -0.15) is 0 Å². The Bertz CT molecular complexity index is 2060. The smallest absolute Gasteiger partial charge is 0.456 e. The molecule has 0 saturated carbocycles. The number of anilines is 2. The van der Waals surface area contributed by atoms with Crippen molar-refractivity contribution in [2.45, 2.75) is 37.5 Å². The normalized spacial score (nSPS) is 14.2. The van der Waals surface area contributed by atoms with Gasteiger partial charge in [0.15, 0.2) is 5.60 Å². The molecule has 54 heavy (non-hydrogen) atoms. The average Bonchev–Trinajstić information content (AvgIpc) is 3.42. The van der Waals surface area contributed by atoms with Gasteiger partial charge < -0.3 is 34.4 Å². The largest absolute Gasteiger partial charge is 0.524 e. The van der Waals surface area contributed by atoms with Crippen LogP contribution in [0.15, 0.2) is 78.9 Å². The standard InChI is InChI=1S/C39H42FN4O9P/c1-43(2)26-12-17-31-33(22-26)51-34-23-27(44(3)4)13-18-32(34)39(31)30-16-11-25(21-29(30)38(47)52-39)36(45)41-19-7-5-6-8-20-42-37(46)35(40)24-9-14-28(15-10-24)53-54(48,49)50/h9-18,21-23,35H,5-8,19-20H2,1-4H3,(H,41,45)(H,42,46)(H2,48,49,50). The number of ether oxygens (including phenoxy) is 2. The van der Waals surface area contributed by atoms with Crippen LogP contribution in [0.3, 0.4) is 0 Å². The first-order valence-corrected chi connectivity index (χ1v) is 19.0. The van der Waals surface area contributed by atoms with Crippen LogP contribution >= 0.6 is 7.82 Å². The van der Waals surface area contributed by atoms with Crippen LogP contribution in [-0.4, -0.2) is 68.9 Å². The number of fused-ring (bicyclic) bond motifs is 6. The number of phosphoric acid groups is 1. The Balaban J connectivity index is 1.03. The van der Waals surface area contributed by atoms with Crippen LogP contribution in [0.2, 0.25) is 0 Å². The number of nitrogens with zero attached hydrogens (tertiary/aromatic N) is 2. The second-order valence-corrected chi connectivity index (χ2v) is 14.7. The lowest BCUT2D eigenvalue weighted by molar-refractivity contribution is -0.126. The van der Waals surface area contributed by atoms with E-state index in [0.29, 0.717) is 58.7 Å². The number of halogens is 1. The molecule has 1 spiro atoms. The average molecular weight is 761 g/mol. The van der Waals surface area contributed by atoms with Gasteiger partial charge in [0.1, 0.15) is 17.2 Å². The molecule has 0 saturated heterocycles. The fourth-order valence-corrected chi connectivity index (χ4v) is 6.99. The van der Waals surface area contributed by atoms with Gasteiger partial charge in [-0.25, -0.2) is 13.8 Å². The van der Waals surface area contributed by atoms with Gasteiger partial charge in [-0.05, 0) is 66.9 Å². The lowest BCUT2D eigenvalue weighted by Gasteiger charge is -2.37. The van der Waals surface area contributed by atoms with E-state index >= 15 is 0 Å². The molecule has 1 unspecified atom stereocenters. The number of rotatable bonds is 14. The Morgan fingerprint density at radius 1 is 0.796 bits per heavy atom. The number of carbonyl (C=O) groups excluding carboxylic acids is 3. The fraction of sp³-hybridized carbons (Fsp3) is 0.308. The van der Waals surface area contributed by atoms with Gasteiger partial charge in [0.05, 0.1) is 5.56 Å². The lowest BCUT2D eigenvalue weighted by Crippen LogP contribution is -2.33. The summed E-state index contributed by atoms with van der Waals surface area (Å²) in [5, 5.41) is 5.45. The summed E-state index contributed by atoms with van der Waals surface area (Å²) in [7, 11) is 3.01. The van der Waals surface area contributed by atoms with Gasteiger partial charge in [-0.15, -0.1) is 0 Å². The Hall–Kier alpha value is -5.43. The van der Waals surface area contributed by atoms with Crippen LogP contribution < -0.4 is 29.7 Å². The third kappa shape index (κ3) is 7.91. The van der Waals surface area contributed by atoms with Crippen molar-refractivity contribution in [1.29, 1.82) is 0 Å². The van der Waals surface area contributed by atoms with E-state index in [2.05, 4.69) is 15.2 Å². The van der Waals surface area contributed by atoms with Gasteiger partial charge in [0, 0.05) is 87.0 Å². The number of unbranched alkanes of at least 4 members (excludes halogenated alkanes) is 3. The van der Waals surface area contributed by atoms with E-state index in [4.69, 9.17) is 19.3 Å². The minimum absolute atomic E-state index is 0.0257. The minimum Gasteiger partial charge on any atom is -0.456 e. The summed E-state index contributed by atoms with van der Waals surface area (Å²) in [6, 6.07) is 21.4. The number of benzene rings is 4. The molecule has 2 aliphatic heterocycles. The first-order chi connectivity index (χ1) is 25.7. The van der Waals surface area contributed by atoms with Crippen molar-refractivity contribution in [1.82, 2.24) is 10.6 Å². The van der Waals surface area contributed by atoms with Crippen molar-refractivity contribution in [2.24, 2.45) is 0 Å². The molecule has 2 amide bonds. The minimum atomic E-state index is -4.74. The van der Waals surface area contributed by atoms with Crippen LogP contribution in [0.25, 0.3) is 0 Å². The number of esters is 1. The predicted molar refractivity (Wildman–Crippen MR) is 200 cm³/mol. The third-order valence-electron chi connectivity index (χ3n) is 9.38. The van der Waals surface area contributed by atoms with E-state index in [0.717, 1.165) is 24.2 Å². The summed E-state index contributed by atoms with van der Waals surface area (Å²) in [6.45, 7) is 0.651. The van der Waals surface area contributed by atoms with Crippen molar-refractivity contribution >= 4 is 37.0 Å². The van der Waals surface area contributed by atoms with E-state index in [1.54, 1.807) is 18.2 Å². The van der Waals surface area contributed by atoms with Crippen molar-refractivity contribution in [3.05, 3.63) is 112 Å². The molecule has 6 rings (SSSR count). The zero-order valence-corrected chi connectivity index (χ0v) is 31.2. The molecular formula is C39H42FN4O9P. The zero-order chi connectivity index (χ0) is 38.8. The summed E-state index contributed by atoms with van der Waals surface area (Å²) in [6.07, 6.45) is 0.795. The van der Waals surface area contributed by atoms with Crippen LogP contribution in [0.1, 0.15) is 74.8 Å². The predicted octanol–water partition coefficient (Wildman–Crippen LogP) is 5.98. The van der Waals surface area contributed by atoms with Crippen LogP contribution in [-0.2, 0) is 19.7 Å². The van der Waals surface area contributed by atoms with Gasteiger partial charge in [0.2, 0.25) is 6.17 Å². The number of carbonyl (C=O) groups is 3. The van der Waals surface area contributed by atoms with Gasteiger partial charge in [0.25, 0.3) is 11.8 Å². The second kappa shape index (κ2) is 15.5. The molecule has 4 N–H and O–H groups in total. The molecule has 0 bridgehead atoms. The molecule has 0 fully saturated rings. The van der Waals surface area contributed by atoms with E-state index < -0.39 is 31.5 Å². The highest BCUT2D eigenvalue weighted by Crippen LogP contribution is 2.57. The third-order valence-corrected chi connectivity index (χ3v) is 9.83. The maximum absolute atomic E-state index is 14.6. The number of amides is 2. The quantitative estimate of drug-likeness (QED) is 0.0679. The topological polar surface area (TPSA) is 167 Å². The van der Waals surface area contributed by atoms with Gasteiger partial charge in [-0.1, -0.05) is 31.0 Å². The van der Waals surface area contributed by atoms with Crippen molar-refractivity contribution in [3.8, 4) is 17.2 Å². The molecule has 15 heteroatoms. The molecule has 284 valence electrons. The molecule has 1 atom stereocenters. The van der Waals surface area contributed by atoms with Crippen molar-refractivity contribution in [3.63, 3.8) is 0 Å². The molecule has 2 heterocycles. The highest BCUT2D eigenvalue weighted by atomic mass is 31.2. The van der Waals surface area contributed by atoms with Crippen LogP contribution in [0.5, 0.6) is 17.2 Å². The molecular weight excluding hydrogens is 718 g/mol. The van der Waals surface area contributed by atoms with Gasteiger partial charge >= 0.3 is 13.8 Å². The zero-order valence-electron chi connectivity index (χ0n) is 30.3. The van der Waals surface area contributed by atoms with E-state index in [1.807, 2.05) is 74.4 Å². The maximum Gasteiger partial charge on any atom is 0.524 e. The van der Waals surface area contributed by atoms with Crippen molar-refractivity contribution < 1.29 is 47.1 Å². The highest BCUT2D eigenvalue weighted by Gasteiger charge is 2.53. The van der Waals surface area contributed by atoms with E-state index in [9.17, 15) is 23.3 Å². The molecule has 2 aliphatic rings.